The van der Waals surface area contributed by atoms with Gasteiger partial charge in [0.2, 0.25) is 0 Å². The van der Waals surface area contributed by atoms with Crippen LogP contribution in [-0.2, 0) is 17.8 Å². The number of nitrogens with zero attached hydrogens (tertiary/aromatic N) is 1. The molecule has 3 aromatic rings. The Kier molecular flexibility index (Phi) is 4.70. The number of benzene rings is 1. The highest BCUT2D eigenvalue weighted by atomic mass is 32.1. The highest BCUT2D eigenvalue weighted by molar-refractivity contribution is 7.09. The first kappa shape index (κ1) is 14.3. The van der Waals surface area contributed by atoms with Gasteiger partial charge in [-0.2, -0.15) is 0 Å². The first-order valence-corrected chi connectivity index (χ1v) is 8.04. The van der Waals surface area contributed by atoms with Gasteiger partial charge in [-0.15, -0.1) is 11.3 Å². The van der Waals surface area contributed by atoms with Crippen LogP contribution in [0.15, 0.2) is 48.0 Å². The molecular weight excluding hydrogens is 280 g/mol. The highest BCUT2D eigenvalue weighted by Crippen LogP contribution is 2.20. The maximum atomic E-state index is 5.05. The molecule has 0 spiro atoms. The van der Waals surface area contributed by atoms with E-state index in [1.165, 1.54) is 21.3 Å². The van der Waals surface area contributed by atoms with Gasteiger partial charge in [0.1, 0.15) is 0 Å². The number of thiophene rings is 1. The lowest BCUT2D eigenvalue weighted by Crippen LogP contribution is -2.18. The van der Waals surface area contributed by atoms with E-state index in [0.29, 0.717) is 0 Å². The molecule has 1 aromatic carbocycles. The molecule has 3 nitrogen and oxygen atoms in total. The lowest BCUT2D eigenvalue weighted by Gasteiger charge is -2.07. The predicted octanol–water partition coefficient (Wildman–Crippen LogP) is 3.49. The number of aromatic nitrogens is 1. The largest absolute Gasteiger partial charge is 0.383 e. The van der Waals surface area contributed by atoms with E-state index in [1.54, 1.807) is 18.4 Å². The van der Waals surface area contributed by atoms with Gasteiger partial charge >= 0.3 is 0 Å². The summed E-state index contributed by atoms with van der Waals surface area (Å²) in [5, 5.41) is 6.82. The second kappa shape index (κ2) is 6.89. The number of hydrogen-bond donors (Lipinski definition) is 1. The van der Waals surface area contributed by atoms with Crippen molar-refractivity contribution in [2.45, 2.75) is 13.1 Å². The summed E-state index contributed by atoms with van der Waals surface area (Å²) in [5.74, 6) is 0. The van der Waals surface area contributed by atoms with Crippen LogP contribution in [0.1, 0.15) is 10.4 Å². The van der Waals surface area contributed by atoms with Gasteiger partial charge in [0, 0.05) is 36.8 Å². The van der Waals surface area contributed by atoms with Gasteiger partial charge in [-0.1, -0.05) is 18.2 Å². The van der Waals surface area contributed by atoms with Crippen LogP contribution >= 0.6 is 11.3 Å². The van der Waals surface area contributed by atoms with Crippen molar-refractivity contribution < 1.29 is 4.74 Å². The van der Waals surface area contributed by atoms with E-state index in [1.807, 2.05) is 0 Å². The quantitative estimate of drug-likeness (QED) is 0.676. The first-order chi connectivity index (χ1) is 10.4. The average molecular weight is 300 g/mol. The van der Waals surface area contributed by atoms with Crippen LogP contribution in [0.25, 0.3) is 10.9 Å². The lowest BCUT2D eigenvalue weighted by atomic mass is 10.1. The predicted molar refractivity (Wildman–Crippen MR) is 88.9 cm³/mol. The van der Waals surface area contributed by atoms with Crippen LogP contribution in [0.3, 0.4) is 0 Å². The van der Waals surface area contributed by atoms with Crippen molar-refractivity contribution >= 4 is 22.2 Å². The molecule has 0 saturated carbocycles. The molecule has 0 aliphatic carbocycles. The van der Waals surface area contributed by atoms with E-state index in [4.69, 9.17) is 4.74 Å². The van der Waals surface area contributed by atoms with Gasteiger partial charge < -0.3 is 14.6 Å². The van der Waals surface area contributed by atoms with Crippen molar-refractivity contribution in [3.63, 3.8) is 0 Å². The number of methoxy groups -OCH3 is 1. The van der Waals surface area contributed by atoms with E-state index in [9.17, 15) is 0 Å². The molecule has 0 bridgehead atoms. The molecule has 0 amide bonds. The first-order valence-electron chi connectivity index (χ1n) is 7.16. The third kappa shape index (κ3) is 3.53. The summed E-state index contributed by atoms with van der Waals surface area (Å²) in [5.41, 5.74) is 2.61. The fraction of sp³-hybridized carbons (Fsp3) is 0.294. The minimum atomic E-state index is 0.747. The van der Waals surface area contributed by atoms with Gasteiger partial charge in [0.15, 0.2) is 0 Å². The molecule has 2 aromatic heterocycles. The molecule has 1 N–H and O–H groups in total. The van der Waals surface area contributed by atoms with Crippen molar-refractivity contribution in [1.82, 2.24) is 9.88 Å². The summed E-state index contributed by atoms with van der Waals surface area (Å²) < 4.78 is 7.37. The van der Waals surface area contributed by atoms with Crippen LogP contribution in [-0.4, -0.2) is 24.8 Å². The number of nitrogens with one attached hydrogen (secondary N) is 1. The van der Waals surface area contributed by atoms with Gasteiger partial charge in [-0.05, 0) is 34.5 Å². The van der Waals surface area contributed by atoms with Crippen LogP contribution in [0.4, 0.5) is 0 Å². The topological polar surface area (TPSA) is 26.2 Å². The van der Waals surface area contributed by atoms with Crippen LogP contribution in [0, 0.1) is 0 Å². The summed E-state index contributed by atoms with van der Waals surface area (Å²) >= 11 is 1.81. The smallest absolute Gasteiger partial charge is 0.0587 e. The number of ether oxygens (including phenoxy) is 1. The molecule has 110 valence electrons. The molecule has 0 saturated heterocycles. The molecule has 0 radical (unpaired) electrons. The molecule has 0 aliphatic heterocycles. The van der Waals surface area contributed by atoms with Crippen LogP contribution in [0.2, 0.25) is 0 Å². The molecule has 21 heavy (non-hydrogen) atoms. The fourth-order valence-corrected chi connectivity index (χ4v) is 3.16. The number of rotatable bonds is 7. The zero-order chi connectivity index (χ0) is 14.5. The molecule has 0 aliphatic rings. The standard InChI is InChI=1S/C17H20N2OS/c1-20-9-7-18-12-14-4-5-15-6-8-19(17(15)11-14)13-16-3-2-10-21-16/h2-6,8,10-11,18H,7,9,12-13H2,1H3. The number of hydrogen-bond acceptors (Lipinski definition) is 3. The molecule has 0 atom stereocenters. The summed E-state index contributed by atoms with van der Waals surface area (Å²) in [4.78, 5) is 1.39. The van der Waals surface area contributed by atoms with E-state index in [-0.39, 0.29) is 0 Å². The lowest BCUT2D eigenvalue weighted by molar-refractivity contribution is 0.199. The molecule has 3 rings (SSSR count). The van der Waals surface area contributed by atoms with E-state index in [0.717, 1.165) is 26.2 Å². The zero-order valence-electron chi connectivity index (χ0n) is 12.2. The van der Waals surface area contributed by atoms with E-state index < -0.39 is 0 Å². The maximum Gasteiger partial charge on any atom is 0.0587 e. The summed E-state index contributed by atoms with van der Waals surface area (Å²) in [6.45, 7) is 3.45. The number of fused-ring (bicyclic) bond motifs is 1. The van der Waals surface area contributed by atoms with Gasteiger partial charge in [0.25, 0.3) is 0 Å². The average Bonchev–Trinajstić information content (AvgIpc) is 3.14. The van der Waals surface area contributed by atoms with Crippen molar-refractivity contribution in [2.24, 2.45) is 0 Å². The van der Waals surface area contributed by atoms with Crippen molar-refractivity contribution in [3.05, 3.63) is 58.4 Å². The highest BCUT2D eigenvalue weighted by Gasteiger charge is 2.04. The zero-order valence-corrected chi connectivity index (χ0v) is 13.0. The second-order valence-corrected chi connectivity index (χ2v) is 6.12. The maximum absolute atomic E-state index is 5.05. The SMILES string of the molecule is COCCNCc1ccc2ccn(Cc3cccs3)c2c1. The Bertz CT molecular complexity index is 688. The Balaban J connectivity index is 1.75. The van der Waals surface area contributed by atoms with Gasteiger partial charge in [-0.3, -0.25) is 0 Å². The van der Waals surface area contributed by atoms with Crippen LogP contribution < -0.4 is 5.32 Å². The summed E-state index contributed by atoms with van der Waals surface area (Å²) in [6, 6.07) is 13.2. The Morgan fingerprint density at radius 1 is 1.24 bits per heavy atom. The minimum absolute atomic E-state index is 0.747. The summed E-state index contributed by atoms with van der Waals surface area (Å²) in [7, 11) is 1.73. The molecular formula is C17H20N2OS. The molecule has 0 unspecified atom stereocenters. The summed E-state index contributed by atoms with van der Waals surface area (Å²) in [6.07, 6.45) is 2.17. The third-order valence-electron chi connectivity index (χ3n) is 3.56. The van der Waals surface area contributed by atoms with Crippen LogP contribution in [0.5, 0.6) is 0 Å². The second-order valence-electron chi connectivity index (χ2n) is 5.09. The van der Waals surface area contributed by atoms with Crippen molar-refractivity contribution in [3.8, 4) is 0 Å². The van der Waals surface area contributed by atoms with Gasteiger partial charge in [0.05, 0.1) is 13.2 Å². The minimum Gasteiger partial charge on any atom is -0.383 e. The Hall–Kier alpha value is -1.62. The van der Waals surface area contributed by atoms with Crippen molar-refractivity contribution in [2.75, 3.05) is 20.3 Å². The Morgan fingerprint density at radius 3 is 3.00 bits per heavy atom. The van der Waals surface area contributed by atoms with E-state index >= 15 is 0 Å². The molecule has 2 heterocycles. The van der Waals surface area contributed by atoms with E-state index in [2.05, 4.69) is 57.9 Å². The molecule has 0 fully saturated rings. The Labute approximate surface area is 129 Å². The normalized spacial score (nSPS) is 11.3. The van der Waals surface area contributed by atoms with Crippen molar-refractivity contribution in [1.29, 1.82) is 0 Å². The van der Waals surface area contributed by atoms with Gasteiger partial charge in [-0.25, -0.2) is 0 Å². The Morgan fingerprint density at radius 2 is 2.19 bits per heavy atom. The monoisotopic (exact) mass is 300 g/mol. The fourth-order valence-electron chi connectivity index (χ4n) is 2.45. The molecule has 4 heteroatoms. The third-order valence-corrected chi connectivity index (χ3v) is 4.42.